The average molecular weight is 284 g/mol. The molecule has 0 saturated carbocycles. The second-order valence-corrected chi connectivity index (χ2v) is 4.79. The van der Waals surface area contributed by atoms with Gasteiger partial charge in [0.25, 0.3) is 0 Å². The fourth-order valence-corrected chi connectivity index (χ4v) is 2.17. The van der Waals surface area contributed by atoms with Crippen molar-refractivity contribution in [2.75, 3.05) is 6.79 Å². The van der Waals surface area contributed by atoms with Gasteiger partial charge in [-0.05, 0) is 44.2 Å². The van der Waals surface area contributed by atoms with Gasteiger partial charge in [-0.25, -0.2) is 0 Å². The number of carbonyl (C=O) groups excluding carboxylic acids is 1. The minimum atomic E-state index is -0.0723. The lowest BCUT2D eigenvalue weighted by atomic mass is 10.1. The Morgan fingerprint density at radius 3 is 2.95 bits per heavy atom. The standard InChI is InChI=1S/C16H16N2O3/c1-3-18-9-13(11(2)17-18)4-6-14(19)12-5-7-15-16(8-12)21-10-20-15/h4-9H,3,10H2,1-2H3. The maximum Gasteiger partial charge on any atom is 0.231 e. The first-order valence-corrected chi connectivity index (χ1v) is 6.83. The van der Waals surface area contributed by atoms with Crippen molar-refractivity contribution in [3.63, 3.8) is 0 Å². The molecule has 5 nitrogen and oxygen atoms in total. The van der Waals surface area contributed by atoms with E-state index in [9.17, 15) is 4.79 Å². The summed E-state index contributed by atoms with van der Waals surface area (Å²) >= 11 is 0. The van der Waals surface area contributed by atoms with Crippen molar-refractivity contribution < 1.29 is 14.3 Å². The summed E-state index contributed by atoms with van der Waals surface area (Å²) in [5, 5.41) is 4.34. The summed E-state index contributed by atoms with van der Waals surface area (Å²) in [4.78, 5) is 12.2. The van der Waals surface area contributed by atoms with Gasteiger partial charge in [-0.2, -0.15) is 5.10 Å². The van der Waals surface area contributed by atoms with Crippen LogP contribution >= 0.6 is 0 Å². The van der Waals surface area contributed by atoms with Crippen molar-refractivity contribution in [1.82, 2.24) is 9.78 Å². The lowest BCUT2D eigenvalue weighted by Gasteiger charge is -1.98. The molecule has 0 saturated heterocycles. The number of aryl methyl sites for hydroxylation is 2. The smallest absolute Gasteiger partial charge is 0.231 e. The van der Waals surface area contributed by atoms with E-state index < -0.39 is 0 Å². The summed E-state index contributed by atoms with van der Waals surface area (Å²) in [6, 6.07) is 5.20. The van der Waals surface area contributed by atoms with Gasteiger partial charge < -0.3 is 9.47 Å². The second-order valence-electron chi connectivity index (χ2n) is 4.79. The van der Waals surface area contributed by atoms with Crippen LogP contribution in [0.15, 0.2) is 30.5 Å². The number of fused-ring (bicyclic) bond motifs is 1. The van der Waals surface area contributed by atoms with Crippen LogP contribution in [0.5, 0.6) is 11.5 Å². The first kappa shape index (κ1) is 13.4. The molecular weight excluding hydrogens is 268 g/mol. The van der Waals surface area contributed by atoms with Crippen molar-refractivity contribution in [2.45, 2.75) is 20.4 Å². The fraction of sp³-hybridized carbons (Fsp3) is 0.250. The third-order valence-electron chi connectivity index (χ3n) is 3.38. The lowest BCUT2D eigenvalue weighted by Crippen LogP contribution is -1.94. The Kier molecular flexibility index (Phi) is 3.48. The molecule has 0 fully saturated rings. The highest BCUT2D eigenvalue weighted by atomic mass is 16.7. The molecule has 21 heavy (non-hydrogen) atoms. The van der Waals surface area contributed by atoms with Crippen LogP contribution < -0.4 is 9.47 Å². The molecule has 1 aliphatic heterocycles. The van der Waals surface area contributed by atoms with Crippen molar-refractivity contribution in [3.05, 3.63) is 47.3 Å². The number of benzene rings is 1. The average Bonchev–Trinajstić information content (AvgIpc) is 3.10. The third kappa shape index (κ3) is 2.67. The van der Waals surface area contributed by atoms with Crippen LogP contribution in [-0.2, 0) is 6.54 Å². The monoisotopic (exact) mass is 284 g/mol. The molecule has 0 spiro atoms. The summed E-state index contributed by atoms with van der Waals surface area (Å²) in [6.45, 7) is 4.97. The van der Waals surface area contributed by atoms with E-state index in [0.29, 0.717) is 17.1 Å². The number of hydrogen-bond donors (Lipinski definition) is 0. The van der Waals surface area contributed by atoms with E-state index in [2.05, 4.69) is 5.10 Å². The van der Waals surface area contributed by atoms with E-state index >= 15 is 0 Å². The van der Waals surface area contributed by atoms with Crippen LogP contribution in [0.4, 0.5) is 0 Å². The Bertz CT molecular complexity index is 716. The van der Waals surface area contributed by atoms with Crippen molar-refractivity contribution in [2.24, 2.45) is 0 Å². The quantitative estimate of drug-likeness (QED) is 0.640. The van der Waals surface area contributed by atoms with E-state index in [1.54, 1.807) is 30.4 Å². The predicted octanol–water partition coefficient (Wildman–Crippen LogP) is 2.84. The first-order valence-electron chi connectivity index (χ1n) is 6.83. The van der Waals surface area contributed by atoms with Gasteiger partial charge in [0.2, 0.25) is 6.79 Å². The van der Waals surface area contributed by atoms with Crippen LogP contribution in [0, 0.1) is 6.92 Å². The molecule has 108 valence electrons. The maximum absolute atomic E-state index is 12.2. The summed E-state index contributed by atoms with van der Waals surface area (Å²) < 4.78 is 12.4. The Hall–Kier alpha value is -2.56. The molecule has 0 N–H and O–H groups in total. The number of nitrogens with zero attached hydrogens (tertiary/aromatic N) is 2. The Labute approximate surface area is 122 Å². The first-order chi connectivity index (χ1) is 10.2. The van der Waals surface area contributed by atoms with Crippen molar-refractivity contribution >= 4 is 11.9 Å². The topological polar surface area (TPSA) is 53.4 Å². The number of ketones is 1. The number of carbonyl (C=O) groups is 1. The minimum Gasteiger partial charge on any atom is -0.454 e. The number of allylic oxidation sites excluding steroid dienone is 1. The van der Waals surface area contributed by atoms with E-state index in [0.717, 1.165) is 17.8 Å². The van der Waals surface area contributed by atoms with Crippen LogP contribution in [0.3, 0.4) is 0 Å². The highest BCUT2D eigenvalue weighted by Crippen LogP contribution is 2.32. The number of ether oxygens (including phenoxy) is 2. The highest BCUT2D eigenvalue weighted by molar-refractivity contribution is 6.07. The van der Waals surface area contributed by atoms with Gasteiger partial charge in [0.1, 0.15) is 0 Å². The molecule has 0 amide bonds. The van der Waals surface area contributed by atoms with Crippen molar-refractivity contribution in [1.29, 1.82) is 0 Å². The predicted molar refractivity (Wildman–Crippen MR) is 78.6 cm³/mol. The van der Waals surface area contributed by atoms with E-state index in [1.807, 2.05) is 24.7 Å². The minimum absolute atomic E-state index is 0.0723. The van der Waals surface area contributed by atoms with Gasteiger partial charge in [-0.15, -0.1) is 0 Å². The zero-order valence-electron chi connectivity index (χ0n) is 12.0. The zero-order valence-corrected chi connectivity index (χ0v) is 12.0. The van der Waals surface area contributed by atoms with Gasteiger partial charge in [-0.3, -0.25) is 9.48 Å². The highest BCUT2D eigenvalue weighted by Gasteiger charge is 2.15. The molecule has 1 aromatic heterocycles. The van der Waals surface area contributed by atoms with Crippen molar-refractivity contribution in [3.8, 4) is 11.5 Å². The molecule has 0 aliphatic carbocycles. The summed E-state index contributed by atoms with van der Waals surface area (Å²) in [7, 11) is 0. The molecule has 0 radical (unpaired) electrons. The molecule has 1 aliphatic rings. The van der Waals surface area contributed by atoms with Crippen LogP contribution in [0.25, 0.3) is 6.08 Å². The van der Waals surface area contributed by atoms with E-state index in [-0.39, 0.29) is 12.6 Å². The third-order valence-corrected chi connectivity index (χ3v) is 3.38. The molecular formula is C16H16N2O3. The zero-order chi connectivity index (χ0) is 14.8. The molecule has 2 heterocycles. The number of rotatable bonds is 4. The largest absolute Gasteiger partial charge is 0.454 e. The van der Waals surface area contributed by atoms with E-state index in [1.165, 1.54) is 0 Å². The van der Waals surface area contributed by atoms with Gasteiger partial charge in [0, 0.05) is 23.9 Å². The number of aromatic nitrogens is 2. The van der Waals surface area contributed by atoms with Crippen LogP contribution in [0.2, 0.25) is 0 Å². The lowest BCUT2D eigenvalue weighted by molar-refractivity contribution is 0.104. The summed E-state index contributed by atoms with van der Waals surface area (Å²) in [5.41, 5.74) is 2.44. The van der Waals surface area contributed by atoms with Crippen LogP contribution in [-0.4, -0.2) is 22.4 Å². The van der Waals surface area contributed by atoms with Gasteiger partial charge in [-0.1, -0.05) is 0 Å². The maximum atomic E-state index is 12.2. The number of hydrogen-bond acceptors (Lipinski definition) is 4. The Morgan fingerprint density at radius 2 is 2.19 bits per heavy atom. The fourth-order valence-electron chi connectivity index (χ4n) is 2.17. The normalized spacial score (nSPS) is 13.0. The molecule has 1 aromatic carbocycles. The van der Waals surface area contributed by atoms with E-state index in [4.69, 9.17) is 9.47 Å². The molecule has 0 bridgehead atoms. The Morgan fingerprint density at radius 1 is 1.38 bits per heavy atom. The molecule has 5 heteroatoms. The molecule has 0 unspecified atom stereocenters. The van der Waals surface area contributed by atoms with Gasteiger partial charge in [0.15, 0.2) is 17.3 Å². The molecule has 2 aromatic rings. The SMILES string of the molecule is CCn1cc(C=CC(=O)c2ccc3c(c2)OCO3)c(C)n1. The van der Waals surface area contributed by atoms with Gasteiger partial charge >= 0.3 is 0 Å². The van der Waals surface area contributed by atoms with Gasteiger partial charge in [0.05, 0.1) is 5.69 Å². The summed E-state index contributed by atoms with van der Waals surface area (Å²) in [5.74, 6) is 1.22. The summed E-state index contributed by atoms with van der Waals surface area (Å²) in [6.07, 6.45) is 5.28. The molecule has 0 atom stereocenters. The molecule has 3 rings (SSSR count). The van der Waals surface area contributed by atoms with Crippen LogP contribution in [0.1, 0.15) is 28.5 Å². The second kappa shape index (κ2) is 5.44. The Balaban J connectivity index is 1.79.